The fraction of sp³-hybridized carbons (Fsp3) is 0. The molecular formula is C12H7N3OS. The molecule has 82 valence electrons. The minimum atomic E-state index is 0.234. The Hall–Kier alpha value is -2.32. The molecule has 0 fully saturated rings. The molecule has 0 amide bonds. The van der Waals surface area contributed by atoms with E-state index in [9.17, 15) is 0 Å². The highest BCUT2D eigenvalue weighted by molar-refractivity contribution is 7.17. The minimum Gasteiger partial charge on any atom is -0.410 e. The van der Waals surface area contributed by atoms with Crippen molar-refractivity contribution in [2.45, 2.75) is 0 Å². The molecule has 0 aliphatic heterocycles. The third kappa shape index (κ3) is 1.65. The van der Waals surface area contributed by atoms with Crippen molar-refractivity contribution in [1.29, 1.82) is 0 Å². The summed E-state index contributed by atoms with van der Waals surface area (Å²) in [7, 11) is 0. The van der Waals surface area contributed by atoms with Crippen LogP contribution in [0, 0.1) is 12.0 Å². The summed E-state index contributed by atoms with van der Waals surface area (Å²) >= 11 is 1.64. The molecule has 2 aromatic heterocycles. The van der Waals surface area contributed by atoms with Crippen LogP contribution in [0.2, 0.25) is 0 Å². The molecule has 0 radical (unpaired) electrons. The molecule has 3 aromatic rings. The van der Waals surface area contributed by atoms with E-state index in [4.69, 9.17) is 10.2 Å². The quantitative estimate of drug-likeness (QED) is 0.524. The fourth-order valence-electron chi connectivity index (χ4n) is 1.59. The van der Waals surface area contributed by atoms with Gasteiger partial charge in [0.25, 0.3) is 5.89 Å². The number of nitrogens with two attached hydrogens (primary N) is 1. The second-order valence-corrected chi connectivity index (χ2v) is 4.24. The second-order valence-electron chi connectivity index (χ2n) is 3.33. The first-order chi connectivity index (χ1) is 8.38. The van der Waals surface area contributed by atoms with E-state index in [-0.39, 0.29) is 5.89 Å². The molecule has 0 saturated carbocycles. The van der Waals surface area contributed by atoms with Gasteiger partial charge < -0.3 is 10.2 Å². The standard InChI is InChI=1S/C12H7N3OS/c13-6-5-11-14-15-12(16-11)9-7-17-10-4-2-1-3-8(9)10/h1-4,7H,13H2. The van der Waals surface area contributed by atoms with Gasteiger partial charge >= 0.3 is 0 Å². The average molecular weight is 241 g/mol. The number of fused-ring (bicyclic) bond motifs is 1. The highest BCUT2D eigenvalue weighted by Gasteiger charge is 2.12. The number of aromatic nitrogens is 2. The van der Waals surface area contributed by atoms with Crippen LogP contribution in [0.5, 0.6) is 0 Å². The third-order valence-electron chi connectivity index (χ3n) is 2.32. The fourth-order valence-corrected chi connectivity index (χ4v) is 2.52. The maximum Gasteiger partial charge on any atom is 0.295 e. The van der Waals surface area contributed by atoms with Gasteiger partial charge in [-0.3, -0.25) is 0 Å². The van der Waals surface area contributed by atoms with E-state index in [0.29, 0.717) is 5.89 Å². The minimum absolute atomic E-state index is 0.234. The summed E-state index contributed by atoms with van der Waals surface area (Å²) in [6, 6.07) is 10.3. The highest BCUT2D eigenvalue weighted by atomic mass is 32.1. The molecule has 0 saturated heterocycles. The largest absolute Gasteiger partial charge is 0.410 e. The second kappa shape index (κ2) is 3.92. The predicted molar refractivity (Wildman–Crippen MR) is 66.2 cm³/mol. The molecule has 0 spiro atoms. The number of nitrogens with zero attached hydrogens (tertiary/aromatic N) is 2. The van der Waals surface area contributed by atoms with Crippen molar-refractivity contribution in [2.75, 3.05) is 0 Å². The Kier molecular flexibility index (Phi) is 2.28. The van der Waals surface area contributed by atoms with Gasteiger partial charge in [0.05, 0.1) is 5.56 Å². The monoisotopic (exact) mass is 241 g/mol. The van der Waals surface area contributed by atoms with Crippen LogP contribution in [0.4, 0.5) is 0 Å². The van der Waals surface area contributed by atoms with E-state index in [0.717, 1.165) is 10.9 Å². The predicted octanol–water partition coefficient (Wildman–Crippen LogP) is 2.22. The van der Waals surface area contributed by atoms with Crippen LogP contribution in [0.25, 0.3) is 21.5 Å². The van der Waals surface area contributed by atoms with Crippen molar-refractivity contribution in [3.8, 4) is 23.4 Å². The molecule has 0 aliphatic rings. The molecule has 1 aromatic carbocycles. The number of hydrogen-bond donors (Lipinski definition) is 1. The summed E-state index contributed by atoms with van der Waals surface area (Å²) in [4.78, 5) is 0. The van der Waals surface area contributed by atoms with E-state index >= 15 is 0 Å². The van der Waals surface area contributed by atoms with Gasteiger partial charge in [0, 0.05) is 27.4 Å². The highest BCUT2D eigenvalue weighted by Crippen LogP contribution is 2.32. The van der Waals surface area contributed by atoms with Crippen molar-refractivity contribution in [1.82, 2.24) is 10.2 Å². The normalized spacial score (nSPS) is 10.1. The van der Waals surface area contributed by atoms with Crippen molar-refractivity contribution in [2.24, 2.45) is 5.73 Å². The first-order valence-corrected chi connectivity index (χ1v) is 5.78. The summed E-state index contributed by atoms with van der Waals surface area (Å²) in [5.41, 5.74) is 6.03. The molecule has 0 unspecified atom stereocenters. The Bertz CT molecular complexity index is 733. The van der Waals surface area contributed by atoms with Crippen molar-refractivity contribution >= 4 is 21.4 Å². The lowest BCUT2D eigenvalue weighted by molar-refractivity contribution is 0.555. The summed E-state index contributed by atoms with van der Waals surface area (Å²) in [6.45, 7) is 0. The molecule has 4 nitrogen and oxygen atoms in total. The van der Waals surface area contributed by atoms with Crippen LogP contribution in [-0.4, -0.2) is 10.2 Å². The van der Waals surface area contributed by atoms with Gasteiger partial charge in [-0.15, -0.1) is 16.4 Å². The Morgan fingerprint density at radius 3 is 3.00 bits per heavy atom. The lowest BCUT2D eigenvalue weighted by Gasteiger charge is -1.91. The molecule has 2 N–H and O–H groups in total. The van der Waals surface area contributed by atoms with E-state index in [1.54, 1.807) is 11.3 Å². The zero-order valence-corrected chi connectivity index (χ0v) is 9.49. The van der Waals surface area contributed by atoms with Crippen LogP contribution in [0.3, 0.4) is 0 Å². The van der Waals surface area contributed by atoms with E-state index in [2.05, 4.69) is 28.2 Å². The van der Waals surface area contributed by atoms with E-state index in [1.807, 2.05) is 23.6 Å². The first kappa shape index (κ1) is 9.87. The Balaban J connectivity index is 2.16. The summed E-state index contributed by atoms with van der Waals surface area (Å²) in [5, 5.41) is 10.9. The average Bonchev–Trinajstić information content (AvgIpc) is 2.95. The van der Waals surface area contributed by atoms with E-state index < -0.39 is 0 Å². The lowest BCUT2D eigenvalue weighted by Crippen LogP contribution is -1.78. The molecule has 2 heterocycles. The van der Waals surface area contributed by atoms with Gasteiger partial charge in [-0.1, -0.05) is 23.3 Å². The molecule has 0 atom stereocenters. The lowest BCUT2D eigenvalue weighted by atomic mass is 10.2. The van der Waals surface area contributed by atoms with Gasteiger partial charge in [-0.2, -0.15) is 0 Å². The molecule has 0 aliphatic carbocycles. The zero-order valence-electron chi connectivity index (χ0n) is 8.68. The van der Waals surface area contributed by atoms with Gasteiger partial charge in [-0.05, 0) is 6.07 Å². The molecule has 17 heavy (non-hydrogen) atoms. The smallest absolute Gasteiger partial charge is 0.295 e. The van der Waals surface area contributed by atoms with Crippen LogP contribution >= 0.6 is 11.3 Å². The van der Waals surface area contributed by atoms with Gasteiger partial charge in [0.15, 0.2) is 0 Å². The van der Waals surface area contributed by atoms with Crippen molar-refractivity contribution in [3.05, 3.63) is 35.5 Å². The van der Waals surface area contributed by atoms with Gasteiger partial charge in [-0.25, -0.2) is 0 Å². The SMILES string of the molecule is NC#Cc1nnc(-c2csc3ccccc23)o1. The van der Waals surface area contributed by atoms with Crippen molar-refractivity contribution < 1.29 is 4.42 Å². The molecule has 0 bridgehead atoms. The van der Waals surface area contributed by atoms with Gasteiger partial charge in [0.1, 0.15) is 0 Å². The first-order valence-electron chi connectivity index (χ1n) is 4.90. The maximum atomic E-state index is 5.41. The summed E-state index contributed by atoms with van der Waals surface area (Å²) in [6.07, 6.45) is 0. The molecular weight excluding hydrogens is 234 g/mol. The zero-order chi connectivity index (χ0) is 11.7. The Morgan fingerprint density at radius 1 is 1.24 bits per heavy atom. The summed E-state index contributed by atoms with van der Waals surface area (Å²) < 4.78 is 6.59. The topological polar surface area (TPSA) is 64.9 Å². The van der Waals surface area contributed by atoms with Crippen LogP contribution in [0.15, 0.2) is 34.1 Å². The number of thiophene rings is 1. The van der Waals surface area contributed by atoms with Crippen LogP contribution in [-0.2, 0) is 0 Å². The number of hydrogen-bond acceptors (Lipinski definition) is 5. The summed E-state index contributed by atoms with van der Waals surface area (Å²) in [5.74, 6) is 3.24. The van der Waals surface area contributed by atoms with E-state index in [1.165, 1.54) is 4.70 Å². The van der Waals surface area contributed by atoms with Crippen molar-refractivity contribution in [3.63, 3.8) is 0 Å². The van der Waals surface area contributed by atoms with Crippen LogP contribution in [0.1, 0.15) is 5.89 Å². The maximum absolute atomic E-state index is 5.41. The Morgan fingerprint density at radius 2 is 2.12 bits per heavy atom. The number of benzene rings is 1. The van der Waals surface area contributed by atoms with Gasteiger partial charge in [0.2, 0.25) is 5.89 Å². The molecule has 5 heteroatoms. The molecule has 3 rings (SSSR count). The van der Waals surface area contributed by atoms with Crippen LogP contribution < -0.4 is 5.73 Å². The number of rotatable bonds is 1. The third-order valence-corrected chi connectivity index (χ3v) is 3.28. The Labute approximate surface area is 101 Å².